The van der Waals surface area contributed by atoms with Crippen LogP contribution in [0.4, 0.5) is 10.9 Å². The summed E-state index contributed by atoms with van der Waals surface area (Å²) in [6.07, 6.45) is 9.12. The maximum Gasteiger partial charge on any atom is 0.254 e. The molecule has 0 radical (unpaired) electrons. The van der Waals surface area contributed by atoms with Crippen LogP contribution in [0, 0.1) is 0 Å². The molecule has 0 bridgehead atoms. The molecule has 5 aromatic heterocycles. The van der Waals surface area contributed by atoms with Gasteiger partial charge < -0.3 is 30.8 Å². The summed E-state index contributed by atoms with van der Waals surface area (Å²) in [6.45, 7) is 2.67. The molecular formula is C31H32N10O4S. The summed E-state index contributed by atoms with van der Waals surface area (Å²) in [5.74, 6) is -0.153. The number of furan rings is 1. The lowest BCUT2D eigenvalue weighted by Gasteiger charge is -2.30. The predicted octanol–water partition coefficient (Wildman–Crippen LogP) is 3.04. The first-order chi connectivity index (χ1) is 22.4. The summed E-state index contributed by atoms with van der Waals surface area (Å²) < 4.78 is 13.8. The van der Waals surface area contributed by atoms with Gasteiger partial charge in [0, 0.05) is 48.6 Å². The van der Waals surface area contributed by atoms with Crippen molar-refractivity contribution in [2.75, 3.05) is 36.5 Å². The molecule has 1 aliphatic carbocycles. The molecule has 8 rings (SSSR count). The topological polar surface area (TPSA) is 196 Å². The average molecular weight is 641 g/mol. The molecule has 2 aliphatic rings. The second-order valence-corrected chi connectivity index (χ2v) is 12.9. The van der Waals surface area contributed by atoms with Crippen molar-refractivity contribution in [3.8, 4) is 11.1 Å². The number of nitrogens with zero attached hydrogens (tertiary/aromatic N) is 6. The fourth-order valence-corrected chi connectivity index (χ4v) is 7.79. The van der Waals surface area contributed by atoms with Crippen molar-refractivity contribution in [3.63, 3.8) is 0 Å². The van der Waals surface area contributed by atoms with E-state index in [4.69, 9.17) is 25.6 Å². The number of amides is 1. The fraction of sp³-hybridized carbons (Fsp3) is 0.355. The van der Waals surface area contributed by atoms with Crippen LogP contribution in [0.3, 0.4) is 0 Å². The number of carbonyl (C=O) groups is 1. The van der Waals surface area contributed by atoms with Gasteiger partial charge in [0.15, 0.2) is 11.2 Å². The van der Waals surface area contributed by atoms with Crippen molar-refractivity contribution in [1.82, 2.24) is 29.8 Å². The predicted molar refractivity (Wildman–Crippen MR) is 174 cm³/mol. The molecule has 6 aromatic rings. The Morgan fingerprint density at radius 1 is 1.17 bits per heavy atom. The molecule has 46 heavy (non-hydrogen) atoms. The molecule has 1 saturated heterocycles. The van der Waals surface area contributed by atoms with Gasteiger partial charge in [-0.3, -0.25) is 19.1 Å². The number of benzene rings is 1. The van der Waals surface area contributed by atoms with Gasteiger partial charge in [0.25, 0.3) is 5.91 Å². The maximum absolute atomic E-state index is 13.1. The van der Waals surface area contributed by atoms with E-state index in [1.807, 2.05) is 12.1 Å². The van der Waals surface area contributed by atoms with E-state index < -0.39 is 5.91 Å². The Morgan fingerprint density at radius 2 is 2.02 bits per heavy atom. The molecule has 1 saturated carbocycles. The van der Waals surface area contributed by atoms with Crippen molar-refractivity contribution in [3.05, 3.63) is 64.0 Å². The minimum Gasteiger partial charge on any atom is -0.459 e. The standard InChI is InChI=1S/C31H32N10O4S/c32-20-3-1-2-4-21(20)36-31-37-22(25(29(33)43)30-39-35-15-41(30)31)11-17-9-16(10-18-13-34-38-26(17)18)19-14-45-27-23(42)12-24(46-28(19)27)40-5-7-44-8-6-40/h9-10,12-15,20-21H,1-8,11,32H2,(H2,33,43)(H,34,38)(H,36,37)/t20-,21+/m1/s1. The zero-order valence-corrected chi connectivity index (χ0v) is 25.7. The molecule has 1 aromatic carbocycles. The van der Waals surface area contributed by atoms with Gasteiger partial charge in [-0.1, -0.05) is 12.8 Å². The van der Waals surface area contributed by atoms with Crippen LogP contribution < -0.4 is 27.1 Å². The highest BCUT2D eigenvalue weighted by Crippen LogP contribution is 2.38. The van der Waals surface area contributed by atoms with Gasteiger partial charge in [-0.25, -0.2) is 4.98 Å². The van der Waals surface area contributed by atoms with E-state index in [-0.39, 0.29) is 29.5 Å². The summed E-state index contributed by atoms with van der Waals surface area (Å²) in [7, 11) is 0. The van der Waals surface area contributed by atoms with Gasteiger partial charge in [0.1, 0.15) is 18.2 Å². The monoisotopic (exact) mass is 640 g/mol. The smallest absolute Gasteiger partial charge is 0.254 e. The van der Waals surface area contributed by atoms with Gasteiger partial charge in [0.05, 0.1) is 40.3 Å². The number of morpholine rings is 1. The number of carbonyl (C=O) groups excluding carboxylic acids is 1. The molecule has 1 aliphatic heterocycles. The van der Waals surface area contributed by atoms with Crippen molar-refractivity contribution in [1.29, 1.82) is 0 Å². The van der Waals surface area contributed by atoms with E-state index in [1.165, 1.54) is 17.7 Å². The first kappa shape index (κ1) is 28.6. The largest absolute Gasteiger partial charge is 0.459 e. The van der Waals surface area contributed by atoms with Crippen LogP contribution in [0.2, 0.25) is 0 Å². The summed E-state index contributed by atoms with van der Waals surface area (Å²) in [5.41, 5.74) is 16.7. The Bertz CT molecular complexity index is 2160. The Kier molecular flexibility index (Phi) is 7.15. The molecule has 0 spiro atoms. The van der Waals surface area contributed by atoms with Crippen LogP contribution >= 0.6 is 11.3 Å². The number of primary amides is 1. The zero-order chi connectivity index (χ0) is 31.4. The highest BCUT2D eigenvalue weighted by molar-refractivity contribution is 7.22. The number of hydrogen-bond acceptors (Lipinski definition) is 12. The molecule has 15 heteroatoms. The van der Waals surface area contributed by atoms with Crippen LogP contribution in [0.25, 0.3) is 38.0 Å². The Labute approximate surface area is 265 Å². The molecule has 14 nitrogen and oxygen atoms in total. The Morgan fingerprint density at radius 3 is 2.85 bits per heavy atom. The number of nitrogens with two attached hydrogens (primary N) is 2. The third kappa shape index (κ3) is 4.96. The second-order valence-electron chi connectivity index (χ2n) is 11.8. The van der Waals surface area contributed by atoms with Crippen molar-refractivity contribution in [2.45, 2.75) is 44.2 Å². The lowest BCUT2D eigenvalue weighted by Crippen LogP contribution is -2.43. The van der Waals surface area contributed by atoms with Crippen molar-refractivity contribution < 1.29 is 13.9 Å². The summed E-state index contributed by atoms with van der Waals surface area (Å²) >= 11 is 1.52. The van der Waals surface area contributed by atoms with Crippen LogP contribution in [0.15, 0.2) is 46.2 Å². The van der Waals surface area contributed by atoms with E-state index in [2.05, 4.69) is 30.6 Å². The Hall–Kier alpha value is -4.86. The van der Waals surface area contributed by atoms with Gasteiger partial charge in [-0.15, -0.1) is 21.5 Å². The number of hydrogen-bond donors (Lipinski definition) is 4. The van der Waals surface area contributed by atoms with E-state index in [1.54, 1.807) is 22.9 Å². The number of H-pyrrole nitrogens is 1. The minimum absolute atomic E-state index is 0.0191. The number of ether oxygens (including phenoxy) is 1. The van der Waals surface area contributed by atoms with Crippen LogP contribution in [0.5, 0.6) is 0 Å². The minimum atomic E-state index is -0.653. The van der Waals surface area contributed by atoms with E-state index in [9.17, 15) is 9.59 Å². The van der Waals surface area contributed by atoms with Crippen LogP contribution in [-0.2, 0) is 11.2 Å². The SMILES string of the molecule is NC(=O)c1c(Cc2cc(-c3coc4c(=O)cc(N5CCOCC5)sc34)cc3cn[nH]c23)nc(N[C@H]2CCCC[C@H]2N)n2cnnc12. The molecule has 6 N–H and O–H groups in total. The molecule has 236 valence electrons. The Balaban J connectivity index is 1.24. The summed E-state index contributed by atoms with van der Waals surface area (Å²) in [6, 6.07) is 5.65. The average Bonchev–Trinajstić information content (AvgIpc) is 3.83. The summed E-state index contributed by atoms with van der Waals surface area (Å²) in [4.78, 5) is 33.1. The number of aromatic nitrogens is 6. The van der Waals surface area contributed by atoms with E-state index in [0.29, 0.717) is 36.1 Å². The van der Waals surface area contributed by atoms with Gasteiger partial charge in [0.2, 0.25) is 11.4 Å². The lowest BCUT2D eigenvalue weighted by molar-refractivity contribution is 0.1000. The number of nitrogens with one attached hydrogen (secondary N) is 2. The third-order valence-electron chi connectivity index (χ3n) is 8.96. The van der Waals surface area contributed by atoms with Crippen LogP contribution in [0.1, 0.15) is 47.3 Å². The first-order valence-corrected chi connectivity index (χ1v) is 16.1. The quantitative estimate of drug-likeness (QED) is 0.200. The van der Waals surface area contributed by atoms with Gasteiger partial charge in [-0.05, 0) is 36.1 Å². The molecule has 0 unspecified atom stereocenters. The third-order valence-corrected chi connectivity index (χ3v) is 10.2. The maximum atomic E-state index is 13.1. The molecule has 6 heterocycles. The number of rotatable bonds is 7. The molecule has 2 atom stereocenters. The van der Waals surface area contributed by atoms with Gasteiger partial charge in [-0.2, -0.15) is 5.10 Å². The fourth-order valence-electron chi connectivity index (χ4n) is 6.59. The molecule has 2 fully saturated rings. The number of aromatic amines is 1. The normalized spacial score (nSPS) is 18.9. The second kappa shape index (κ2) is 11.5. The van der Waals surface area contributed by atoms with Crippen molar-refractivity contribution >= 4 is 55.0 Å². The van der Waals surface area contributed by atoms with Gasteiger partial charge >= 0.3 is 0 Å². The highest BCUT2D eigenvalue weighted by Gasteiger charge is 2.27. The summed E-state index contributed by atoms with van der Waals surface area (Å²) in [5, 5.41) is 20.9. The number of anilines is 2. The van der Waals surface area contributed by atoms with Crippen LogP contribution in [-0.4, -0.2) is 74.1 Å². The molecular weight excluding hydrogens is 608 g/mol. The molecule has 1 amide bonds. The van der Waals surface area contributed by atoms with E-state index in [0.717, 1.165) is 76.1 Å². The van der Waals surface area contributed by atoms with Crippen molar-refractivity contribution in [2.24, 2.45) is 11.5 Å². The van der Waals surface area contributed by atoms with E-state index >= 15 is 0 Å². The lowest BCUT2D eigenvalue weighted by atomic mass is 9.91. The highest BCUT2D eigenvalue weighted by atomic mass is 32.1. The first-order valence-electron chi connectivity index (χ1n) is 15.3. The number of fused-ring (bicyclic) bond motifs is 3. The zero-order valence-electron chi connectivity index (χ0n) is 24.9.